The smallest absolute Gasteiger partial charge is 0.161 e. The zero-order valence-electron chi connectivity index (χ0n) is 11.4. The monoisotopic (exact) mass is 262 g/mol. The number of hydrogen-bond donors (Lipinski definition) is 2. The van der Waals surface area contributed by atoms with Crippen LogP contribution in [0.4, 0.5) is 11.4 Å². The largest absolute Gasteiger partial charge is 0.398 e. The molecule has 1 aliphatic carbocycles. The summed E-state index contributed by atoms with van der Waals surface area (Å²) < 4.78 is 5.77. The van der Waals surface area contributed by atoms with Gasteiger partial charge >= 0.3 is 0 Å². The molecular weight excluding hydrogens is 240 g/mol. The summed E-state index contributed by atoms with van der Waals surface area (Å²) in [6.07, 6.45) is 5.43. The number of nitrogens with one attached hydrogen (secondary N) is 1. The summed E-state index contributed by atoms with van der Waals surface area (Å²) in [5.41, 5.74) is 7.86. The number of Topliss-reactive ketones (excluding diaryl/α,β-unsaturated/α-hetero) is 1. The number of ketones is 1. The van der Waals surface area contributed by atoms with Crippen molar-refractivity contribution in [3.8, 4) is 0 Å². The second-order valence-corrected chi connectivity index (χ2v) is 5.06. The fraction of sp³-hybridized carbons (Fsp3) is 0.533. The van der Waals surface area contributed by atoms with E-state index in [-0.39, 0.29) is 5.78 Å². The predicted molar refractivity (Wildman–Crippen MR) is 77.6 cm³/mol. The third-order valence-electron chi connectivity index (χ3n) is 3.52. The van der Waals surface area contributed by atoms with Crippen molar-refractivity contribution < 1.29 is 9.53 Å². The number of carbonyl (C=O) groups excluding carboxylic acids is 1. The summed E-state index contributed by atoms with van der Waals surface area (Å²) in [6.45, 7) is 2.99. The number of anilines is 2. The highest BCUT2D eigenvalue weighted by Crippen LogP contribution is 2.21. The van der Waals surface area contributed by atoms with Crippen LogP contribution in [0.15, 0.2) is 18.2 Å². The number of ether oxygens (including phenoxy) is 1. The lowest BCUT2D eigenvalue weighted by Gasteiger charge is -2.12. The fourth-order valence-electron chi connectivity index (χ4n) is 2.47. The Labute approximate surface area is 114 Å². The van der Waals surface area contributed by atoms with Crippen LogP contribution in [0.25, 0.3) is 0 Å². The maximum absolute atomic E-state index is 11.3. The first kappa shape index (κ1) is 13.9. The van der Waals surface area contributed by atoms with Crippen LogP contribution in [0.3, 0.4) is 0 Å². The van der Waals surface area contributed by atoms with E-state index in [9.17, 15) is 4.79 Å². The summed E-state index contributed by atoms with van der Waals surface area (Å²) in [5, 5.41) is 3.26. The Balaban J connectivity index is 1.76. The molecule has 0 atom stereocenters. The van der Waals surface area contributed by atoms with Gasteiger partial charge in [0.15, 0.2) is 5.78 Å². The van der Waals surface area contributed by atoms with Crippen molar-refractivity contribution in [2.24, 2.45) is 0 Å². The van der Waals surface area contributed by atoms with Crippen LogP contribution in [0.1, 0.15) is 43.0 Å². The van der Waals surface area contributed by atoms with Gasteiger partial charge in [0.05, 0.1) is 12.7 Å². The van der Waals surface area contributed by atoms with Crippen molar-refractivity contribution in [3.63, 3.8) is 0 Å². The van der Waals surface area contributed by atoms with Crippen molar-refractivity contribution >= 4 is 17.2 Å². The number of nitrogen functional groups attached to an aromatic ring is 1. The highest BCUT2D eigenvalue weighted by Gasteiger charge is 2.14. The van der Waals surface area contributed by atoms with E-state index in [1.807, 2.05) is 6.07 Å². The van der Waals surface area contributed by atoms with Crippen LogP contribution >= 0.6 is 0 Å². The number of benzene rings is 1. The molecule has 0 radical (unpaired) electrons. The third-order valence-corrected chi connectivity index (χ3v) is 3.52. The lowest BCUT2D eigenvalue weighted by molar-refractivity contribution is 0.0659. The first-order valence-electron chi connectivity index (χ1n) is 6.93. The fourth-order valence-corrected chi connectivity index (χ4v) is 2.47. The van der Waals surface area contributed by atoms with E-state index in [1.165, 1.54) is 32.6 Å². The van der Waals surface area contributed by atoms with Crippen molar-refractivity contribution in [2.45, 2.75) is 38.7 Å². The Kier molecular flexibility index (Phi) is 4.80. The molecule has 1 aliphatic rings. The molecule has 0 heterocycles. The summed E-state index contributed by atoms with van der Waals surface area (Å²) in [6, 6.07) is 5.44. The van der Waals surface area contributed by atoms with E-state index in [2.05, 4.69) is 5.32 Å². The molecule has 0 unspecified atom stereocenters. The highest BCUT2D eigenvalue weighted by atomic mass is 16.5. The van der Waals surface area contributed by atoms with E-state index >= 15 is 0 Å². The van der Waals surface area contributed by atoms with Gasteiger partial charge in [-0.05, 0) is 38.0 Å². The third kappa shape index (κ3) is 3.96. The standard InChI is InChI=1S/C15H22N2O2/c1-11(18)14-7-6-12(10-15(14)16)17-8-9-19-13-4-2-3-5-13/h6-7,10,13,17H,2-5,8-9,16H2,1H3. The van der Waals surface area contributed by atoms with Gasteiger partial charge < -0.3 is 15.8 Å². The van der Waals surface area contributed by atoms with Crippen molar-refractivity contribution in [1.29, 1.82) is 0 Å². The van der Waals surface area contributed by atoms with Crippen LogP contribution in [0, 0.1) is 0 Å². The number of nitrogens with two attached hydrogens (primary N) is 1. The van der Waals surface area contributed by atoms with Crippen molar-refractivity contribution in [2.75, 3.05) is 24.2 Å². The minimum Gasteiger partial charge on any atom is -0.398 e. The minimum absolute atomic E-state index is 0.00591. The average Bonchev–Trinajstić information content (AvgIpc) is 2.87. The van der Waals surface area contributed by atoms with Gasteiger partial charge in [-0.1, -0.05) is 12.8 Å². The van der Waals surface area contributed by atoms with Gasteiger partial charge in [0.25, 0.3) is 0 Å². The van der Waals surface area contributed by atoms with E-state index in [4.69, 9.17) is 10.5 Å². The summed E-state index contributed by atoms with van der Waals surface area (Å²) >= 11 is 0. The topological polar surface area (TPSA) is 64.3 Å². The molecule has 4 nitrogen and oxygen atoms in total. The van der Waals surface area contributed by atoms with Gasteiger partial charge in [0.1, 0.15) is 0 Å². The lowest BCUT2D eigenvalue weighted by Crippen LogP contribution is -2.15. The summed E-state index contributed by atoms with van der Waals surface area (Å²) in [5.74, 6) is -0.00591. The van der Waals surface area contributed by atoms with Gasteiger partial charge in [0, 0.05) is 23.5 Å². The zero-order valence-corrected chi connectivity index (χ0v) is 11.4. The van der Waals surface area contributed by atoms with E-state index < -0.39 is 0 Å². The predicted octanol–water partition coefficient (Wildman–Crippen LogP) is 2.84. The number of hydrogen-bond acceptors (Lipinski definition) is 4. The average molecular weight is 262 g/mol. The second-order valence-electron chi connectivity index (χ2n) is 5.06. The Morgan fingerprint density at radius 2 is 2.16 bits per heavy atom. The van der Waals surface area contributed by atoms with Gasteiger partial charge in [-0.25, -0.2) is 0 Å². The molecule has 0 spiro atoms. The maximum atomic E-state index is 11.3. The first-order valence-corrected chi connectivity index (χ1v) is 6.93. The lowest BCUT2D eigenvalue weighted by atomic mass is 10.1. The minimum atomic E-state index is -0.00591. The van der Waals surface area contributed by atoms with E-state index in [0.717, 1.165) is 12.2 Å². The Morgan fingerprint density at radius 3 is 2.79 bits per heavy atom. The number of carbonyl (C=O) groups is 1. The van der Waals surface area contributed by atoms with Crippen LogP contribution in [0.2, 0.25) is 0 Å². The normalized spacial score (nSPS) is 15.6. The van der Waals surface area contributed by atoms with Crippen molar-refractivity contribution in [1.82, 2.24) is 0 Å². The molecule has 2 rings (SSSR count). The Bertz CT molecular complexity index is 440. The highest BCUT2D eigenvalue weighted by molar-refractivity contribution is 5.99. The number of rotatable bonds is 6. The van der Waals surface area contributed by atoms with Gasteiger partial charge in [-0.3, -0.25) is 4.79 Å². The molecule has 3 N–H and O–H groups in total. The summed E-state index contributed by atoms with van der Waals surface area (Å²) in [4.78, 5) is 11.3. The van der Waals surface area contributed by atoms with Crippen LogP contribution < -0.4 is 11.1 Å². The molecule has 1 aromatic carbocycles. The molecule has 0 aliphatic heterocycles. The Morgan fingerprint density at radius 1 is 1.42 bits per heavy atom. The first-order chi connectivity index (χ1) is 9.16. The van der Waals surface area contributed by atoms with E-state index in [1.54, 1.807) is 12.1 Å². The quantitative estimate of drug-likeness (QED) is 0.470. The molecular formula is C15H22N2O2. The zero-order chi connectivity index (χ0) is 13.7. The molecule has 0 saturated heterocycles. The molecule has 0 amide bonds. The molecule has 1 aromatic rings. The Hall–Kier alpha value is -1.55. The summed E-state index contributed by atoms with van der Waals surface area (Å²) in [7, 11) is 0. The second kappa shape index (κ2) is 6.57. The SMILES string of the molecule is CC(=O)c1ccc(NCCOC2CCCC2)cc1N. The van der Waals surface area contributed by atoms with E-state index in [0.29, 0.717) is 24.0 Å². The van der Waals surface area contributed by atoms with Gasteiger partial charge in [0.2, 0.25) is 0 Å². The van der Waals surface area contributed by atoms with Gasteiger partial charge in [-0.15, -0.1) is 0 Å². The van der Waals surface area contributed by atoms with Crippen LogP contribution in [0.5, 0.6) is 0 Å². The molecule has 1 saturated carbocycles. The van der Waals surface area contributed by atoms with Crippen LogP contribution in [-0.4, -0.2) is 25.0 Å². The molecule has 0 bridgehead atoms. The molecule has 1 fully saturated rings. The van der Waals surface area contributed by atoms with Crippen molar-refractivity contribution in [3.05, 3.63) is 23.8 Å². The molecule has 19 heavy (non-hydrogen) atoms. The molecule has 104 valence electrons. The molecule has 4 heteroatoms. The van der Waals surface area contributed by atoms with Gasteiger partial charge in [-0.2, -0.15) is 0 Å². The van der Waals surface area contributed by atoms with Crippen LogP contribution in [-0.2, 0) is 4.74 Å². The molecule has 0 aromatic heterocycles. The maximum Gasteiger partial charge on any atom is 0.161 e.